The van der Waals surface area contributed by atoms with Gasteiger partial charge in [0, 0.05) is 50.1 Å². The number of hydrogen-bond acceptors (Lipinski definition) is 3. The van der Waals surface area contributed by atoms with Gasteiger partial charge in [-0.05, 0) is 190 Å². The molecule has 0 amide bonds. The van der Waals surface area contributed by atoms with Crippen LogP contribution in [0.2, 0.25) is 0 Å². The molecule has 378 valence electrons. The fourth-order valence-corrected chi connectivity index (χ4v) is 14.7. The minimum absolute atomic E-state index is 0.00000119. The molecule has 2 aliphatic heterocycles. The highest BCUT2D eigenvalue weighted by atomic mass is 16.3. The van der Waals surface area contributed by atoms with Crippen LogP contribution < -0.4 is 20.6 Å². The molecule has 0 fully saturated rings. The average molecular weight is 991 g/mol. The molecule has 3 nitrogen and oxygen atoms in total. The van der Waals surface area contributed by atoms with E-state index < -0.39 is 0 Å². The van der Waals surface area contributed by atoms with Crippen molar-refractivity contribution in [3.05, 3.63) is 196 Å². The molecule has 0 N–H and O–H groups in total. The monoisotopic (exact) mass is 991 g/mol. The Kier molecular flexibility index (Phi) is 9.57. The van der Waals surface area contributed by atoms with E-state index in [4.69, 9.17) is 4.42 Å². The van der Waals surface area contributed by atoms with E-state index in [1.54, 1.807) is 0 Å². The molecule has 0 atom stereocenters. The van der Waals surface area contributed by atoms with Crippen molar-refractivity contribution in [1.82, 2.24) is 0 Å². The van der Waals surface area contributed by atoms with Crippen molar-refractivity contribution in [2.24, 2.45) is 0 Å². The Morgan fingerprint density at radius 2 is 1.09 bits per heavy atom. The van der Waals surface area contributed by atoms with E-state index in [-0.39, 0.29) is 39.3 Å². The summed E-state index contributed by atoms with van der Waals surface area (Å²) >= 11 is 0. The first kappa shape index (κ1) is 47.4. The van der Waals surface area contributed by atoms with Crippen LogP contribution in [0.3, 0.4) is 0 Å². The highest BCUT2D eigenvalue weighted by Gasteiger charge is 2.52. The van der Waals surface area contributed by atoms with Gasteiger partial charge < -0.3 is 14.1 Å². The number of nitrogens with zero attached hydrogens (tertiary/aromatic N) is 2. The molecule has 0 spiro atoms. The Morgan fingerprint density at radius 1 is 0.461 bits per heavy atom. The van der Waals surface area contributed by atoms with Gasteiger partial charge in [-0.1, -0.05) is 176 Å². The zero-order chi connectivity index (χ0) is 53.0. The number of furan rings is 1. The van der Waals surface area contributed by atoms with E-state index in [1.165, 1.54) is 141 Å². The SMILES string of the molecule is CC(C)(C)c1ccc(N2B3c4cc5occc5cc4N(c4ccc(C(C)(C)C)cc4-c4ccccc4)c4c3c(cc3c4C(C)(C)c4ccccc4-3)-c3cc4c(cc32)C(C)(C)c2cc3c(cc2-4)C(C)(C)CCC3(C)C)cc1. The zero-order valence-corrected chi connectivity index (χ0v) is 47.2. The number of benzene rings is 8. The summed E-state index contributed by atoms with van der Waals surface area (Å²) in [6, 6.07) is 57.3. The first-order valence-electron chi connectivity index (χ1n) is 28.1. The lowest BCUT2D eigenvalue weighted by atomic mass is 9.42. The smallest absolute Gasteiger partial charge is 0.333 e. The molecule has 5 aliphatic rings. The first-order chi connectivity index (χ1) is 35.9. The normalized spacial score (nSPS) is 17.6. The quantitative estimate of drug-likeness (QED) is 0.165. The topological polar surface area (TPSA) is 19.6 Å². The first-order valence-corrected chi connectivity index (χ1v) is 28.1. The molecule has 1 aromatic heterocycles. The van der Waals surface area contributed by atoms with Gasteiger partial charge >= 0.3 is 6.85 Å². The van der Waals surface area contributed by atoms with Crippen LogP contribution in [-0.2, 0) is 32.5 Å². The molecule has 9 aromatic rings. The second kappa shape index (κ2) is 15.3. The molecule has 0 unspecified atom stereocenters. The van der Waals surface area contributed by atoms with Crippen molar-refractivity contribution in [3.8, 4) is 44.5 Å². The van der Waals surface area contributed by atoms with E-state index in [0.29, 0.717) is 0 Å². The summed E-state index contributed by atoms with van der Waals surface area (Å²) in [5, 5.41) is 1.10. The molecule has 76 heavy (non-hydrogen) atoms. The lowest BCUT2D eigenvalue weighted by molar-refractivity contribution is 0.331. The highest BCUT2D eigenvalue weighted by molar-refractivity contribution is 6.94. The van der Waals surface area contributed by atoms with Crippen LogP contribution in [0, 0.1) is 0 Å². The van der Waals surface area contributed by atoms with E-state index in [9.17, 15) is 0 Å². The summed E-state index contributed by atoms with van der Waals surface area (Å²) in [4.78, 5) is 5.43. The van der Waals surface area contributed by atoms with Gasteiger partial charge in [0.25, 0.3) is 0 Å². The molecule has 8 aromatic carbocycles. The second-order valence-corrected chi connectivity index (χ2v) is 27.7. The number of rotatable bonds is 3. The third-order valence-corrected chi connectivity index (χ3v) is 19.3. The molecule has 3 heterocycles. The van der Waals surface area contributed by atoms with Crippen molar-refractivity contribution in [2.45, 2.75) is 142 Å². The third kappa shape index (κ3) is 6.49. The summed E-state index contributed by atoms with van der Waals surface area (Å²) in [5.41, 5.74) is 30.9. The molecule has 0 radical (unpaired) electrons. The summed E-state index contributed by atoms with van der Waals surface area (Å²) in [5.74, 6) is 0. The second-order valence-electron chi connectivity index (χ2n) is 27.7. The third-order valence-electron chi connectivity index (χ3n) is 19.3. The summed E-state index contributed by atoms with van der Waals surface area (Å²) < 4.78 is 6.47. The zero-order valence-electron chi connectivity index (χ0n) is 47.2. The largest absolute Gasteiger partial charge is 0.464 e. The number of anilines is 5. The van der Waals surface area contributed by atoms with Crippen molar-refractivity contribution >= 4 is 57.2 Å². The van der Waals surface area contributed by atoms with Gasteiger partial charge in [-0.2, -0.15) is 0 Å². The van der Waals surface area contributed by atoms with Crippen molar-refractivity contribution in [2.75, 3.05) is 9.71 Å². The predicted octanol–water partition coefficient (Wildman–Crippen LogP) is 18.4. The lowest BCUT2D eigenvalue weighted by Gasteiger charge is -2.48. The highest BCUT2D eigenvalue weighted by Crippen LogP contribution is 2.62. The Labute approximate surface area is 452 Å². The van der Waals surface area contributed by atoms with Crippen LogP contribution in [0.1, 0.15) is 154 Å². The minimum Gasteiger partial charge on any atom is -0.464 e. The molecular formula is C72H71BN2O. The predicted molar refractivity (Wildman–Crippen MR) is 323 cm³/mol. The number of hydrogen-bond donors (Lipinski definition) is 0. The van der Waals surface area contributed by atoms with Gasteiger partial charge in [-0.25, -0.2) is 0 Å². The minimum atomic E-state index is -0.325. The maximum absolute atomic E-state index is 6.47. The summed E-state index contributed by atoms with van der Waals surface area (Å²) in [7, 11) is 0. The Balaban J connectivity index is 1.15. The van der Waals surface area contributed by atoms with E-state index in [0.717, 1.165) is 11.0 Å². The van der Waals surface area contributed by atoms with Crippen LogP contribution in [0.25, 0.3) is 55.5 Å². The fourth-order valence-electron chi connectivity index (χ4n) is 14.7. The van der Waals surface area contributed by atoms with E-state index in [1.807, 2.05) is 6.26 Å². The standard InChI is InChI=1S/C72H71BN2O/c1-67(2,3)44-24-27-46(28-25-44)75-61-40-56-49(50-38-57-58(39-55(50)71(56,11)12)70(9,10)32-31-69(57,7)8)36-51(61)53-37-52-47-22-18-19-23-54(47)72(13,14)64(52)66-65(53)73(75)59-41-63-43(30-33-76-63)34-62(59)74(66)60-29-26-45(68(4,5)6)35-48(60)42-20-16-15-17-21-42/h15-30,33-41H,31-32H2,1-14H3. The van der Waals surface area contributed by atoms with Crippen molar-refractivity contribution in [1.29, 1.82) is 0 Å². The van der Waals surface area contributed by atoms with Crippen LogP contribution in [0.5, 0.6) is 0 Å². The van der Waals surface area contributed by atoms with Gasteiger partial charge in [0.1, 0.15) is 5.58 Å². The van der Waals surface area contributed by atoms with Crippen LogP contribution >= 0.6 is 0 Å². The van der Waals surface area contributed by atoms with Gasteiger partial charge in [0.2, 0.25) is 0 Å². The van der Waals surface area contributed by atoms with Crippen LogP contribution in [0.4, 0.5) is 28.4 Å². The molecule has 0 saturated carbocycles. The molecule has 14 rings (SSSR count). The van der Waals surface area contributed by atoms with E-state index >= 15 is 0 Å². The average Bonchev–Trinajstić information content (AvgIpc) is 4.17. The van der Waals surface area contributed by atoms with Crippen LogP contribution in [0.15, 0.2) is 156 Å². The Hall–Kier alpha value is -7.04. The summed E-state index contributed by atoms with van der Waals surface area (Å²) in [6.07, 6.45) is 4.24. The molecule has 0 saturated heterocycles. The molecular weight excluding hydrogens is 920 g/mol. The van der Waals surface area contributed by atoms with Crippen LogP contribution in [-0.4, -0.2) is 6.85 Å². The maximum atomic E-state index is 6.47. The maximum Gasteiger partial charge on any atom is 0.333 e. The van der Waals surface area contributed by atoms with Crippen molar-refractivity contribution in [3.63, 3.8) is 0 Å². The van der Waals surface area contributed by atoms with Gasteiger partial charge in [-0.15, -0.1) is 0 Å². The fraction of sp³-hybridized carbons (Fsp3) is 0.306. The molecule has 3 aliphatic carbocycles. The van der Waals surface area contributed by atoms with Gasteiger partial charge in [0.05, 0.1) is 12.0 Å². The summed E-state index contributed by atoms with van der Waals surface area (Å²) in [6.45, 7) is 33.6. The van der Waals surface area contributed by atoms with Gasteiger partial charge in [0.15, 0.2) is 0 Å². The van der Waals surface area contributed by atoms with E-state index in [2.05, 4.69) is 252 Å². The van der Waals surface area contributed by atoms with Crippen molar-refractivity contribution < 1.29 is 4.42 Å². The Morgan fingerprint density at radius 3 is 1.80 bits per heavy atom. The Bertz CT molecular complexity index is 3960. The molecule has 0 bridgehead atoms. The lowest BCUT2D eigenvalue weighted by Crippen LogP contribution is -2.62. The number of fused-ring (bicyclic) bond motifs is 13. The van der Waals surface area contributed by atoms with Gasteiger partial charge in [-0.3, -0.25) is 0 Å². The molecule has 4 heteroatoms.